The zero-order valence-corrected chi connectivity index (χ0v) is 5.65. The summed E-state index contributed by atoms with van der Waals surface area (Å²) in [4.78, 5) is 3.94. The molecular weight excluding hydrogens is 128 g/mol. The standard InChI is InChI=1S/C6H8N4/c1-9-4-6-2-3-7-5-10(6)8-9/h2-5,8H,1H3. The van der Waals surface area contributed by atoms with Crippen LogP contribution in [-0.2, 0) is 0 Å². The van der Waals surface area contributed by atoms with Crippen LogP contribution in [0.15, 0.2) is 29.2 Å². The van der Waals surface area contributed by atoms with E-state index in [4.69, 9.17) is 0 Å². The van der Waals surface area contributed by atoms with Gasteiger partial charge in [0.05, 0.1) is 5.70 Å². The van der Waals surface area contributed by atoms with E-state index < -0.39 is 0 Å². The lowest BCUT2D eigenvalue weighted by Crippen LogP contribution is -2.37. The van der Waals surface area contributed by atoms with E-state index in [2.05, 4.69) is 10.5 Å². The lowest BCUT2D eigenvalue weighted by atomic mass is 10.4. The van der Waals surface area contributed by atoms with Gasteiger partial charge in [-0.2, -0.15) is 0 Å². The van der Waals surface area contributed by atoms with Gasteiger partial charge in [0.1, 0.15) is 6.34 Å². The summed E-state index contributed by atoms with van der Waals surface area (Å²) in [5.41, 5.74) is 4.14. The first-order valence-electron chi connectivity index (χ1n) is 3.06. The van der Waals surface area contributed by atoms with Gasteiger partial charge in [0.15, 0.2) is 0 Å². The highest BCUT2D eigenvalue weighted by Crippen LogP contribution is 2.11. The van der Waals surface area contributed by atoms with Crippen molar-refractivity contribution in [2.24, 2.45) is 4.99 Å². The Bertz CT molecular complexity index is 228. The summed E-state index contributed by atoms with van der Waals surface area (Å²) in [6.45, 7) is 0. The number of hydrazine groups is 2. The quantitative estimate of drug-likeness (QED) is 0.510. The molecule has 0 atom stereocenters. The number of hydrogen-bond acceptors (Lipinski definition) is 4. The maximum Gasteiger partial charge on any atom is 0.112 e. The number of nitrogens with one attached hydrogen (secondary N) is 1. The molecule has 0 spiro atoms. The molecule has 10 heavy (non-hydrogen) atoms. The minimum Gasteiger partial charge on any atom is -0.299 e. The van der Waals surface area contributed by atoms with Crippen molar-refractivity contribution in [3.63, 3.8) is 0 Å². The summed E-state index contributed by atoms with van der Waals surface area (Å²) in [6.07, 6.45) is 7.43. The molecule has 52 valence electrons. The minimum absolute atomic E-state index is 1.11. The van der Waals surface area contributed by atoms with Gasteiger partial charge in [-0.25, -0.2) is 10.0 Å². The first-order chi connectivity index (χ1) is 4.86. The Hall–Kier alpha value is -1.29. The Morgan fingerprint density at radius 3 is 3.30 bits per heavy atom. The molecule has 2 rings (SSSR count). The van der Waals surface area contributed by atoms with E-state index >= 15 is 0 Å². The van der Waals surface area contributed by atoms with Crippen molar-refractivity contribution in [3.05, 3.63) is 24.2 Å². The maximum absolute atomic E-state index is 3.94. The second-order valence-electron chi connectivity index (χ2n) is 2.22. The second kappa shape index (κ2) is 1.85. The number of allylic oxidation sites excluding steroid dienone is 1. The highest BCUT2D eigenvalue weighted by Gasteiger charge is 2.14. The van der Waals surface area contributed by atoms with Crippen molar-refractivity contribution in [1.29, 1.82) is 0 Å². The van der Waals surface area contributed by atoms with E-state index in [0.717, 1.165) is 5.70 Å². The van der Waals surface area contributed by atoms with Crippen LogP contribution in [0.5, 0.6) is 0 Å². The second-order valence-corrected chi connectivity index (χ2v) is 2.22. The third-order valence-electron chi connectivity index (χ3n) is 1.38. The normalized spacial score (nSPS) is 21.5. The van der Waals surface area contributed by atoms with Crippen molar-refractivity contribution in [1.82, 2.24) is 15.6 Å². The Labute approximate surface area is 59.1 Å². The van der Waals surface area contributed by atoms with Gasteiger partial charge in [0.25, 0.3) is 0 Å². The molecule has 0 aromatic carbocycles. The summed E-state index contributed by atoms with van der Waals surface area (Å²) in [5, 5.41) is 3.72. The van der Waals surface area contributed by atoms with E-state index in [9.17, 15) is 0 Å². The molecule has 1 N–H and O–H groups in total. The van der Waals surface area contributed by atoms with Crippen molar-refractivity contribution < 1.29 is 0 Å². The van der Waals surface area contributed by atoms with Crippen LogP contribution in [0.2, 0.25) is 0 Å². The number of hydrogen-bond donors (Lipinski definition) is 1. The predicted octanol–water partition coefficient (Wildman–Crippen LogP) is 0.0504. The van der Waals surface area contributed by atoms with E-state index in [-0.39, 0.29) is 0 Å². The van der Waals surface area contributed by atoms with E-state index in [0.29, 0.717) is 0 Å². The number of fused-ring (bicyclic) bond motifs is 1. The van der Waals surface area contributed by atoms with Gasteiger partial charge in [-0.3, -0.25) is 5.01 Å². The first kappa shape index (κ1) is 5.49. The van der Waals surface area contributed by atoms with Crippen molar-refractivity contribution >= 4 is 6.34 Å². The lowest BCUT2D eigenvalue weighted by Gasteiger charge is -2.17. The fraction of sp³-hybridized carbons (Fsp3) is 0.167. The van der Waals surface area contributed by atoms with Crippen LogP contribution in [-0.4, -0.2) is 23.4 Å². The zero-order valence-electron chi connectivity index (χ0n) is 5.65. The molecule has 0 fully saturated rings. The van der Waals surface area contributed by atoms with E-state index in [1.165, 1.54) is 0 Å². The van der Waals surface area contributed by atoms with Crippen LogP contribution in [0.3, 0.4) is 0 Å². The topological polar surface area (TPSA) is 30.9 Å². The average Bonchev–Trinajstić information content (AvgIpc) is 2.27. The predicted molar refractivity (Wildman–Crippen MR) is 38.5 cm³/mol. The van der Waals surface area contributed by atoms with Gasteiger partial charge in [0, 0.05) is 19.4 Å². The molecule has 0 bridgehead atoms. The summed E-state index contributed by atoms with van der Waals surface area (Å²) in [5.74, 6) is 0. The highest BCUT2D eigenvalue weighted by atomic mass is 15.8. The van der Waals surface area contributed by atoms with Crippen LogP contribution in [0.4, 0.5) is 0 Å². The minimum atomic E-state index is 1.11. The molecule has 0 aliphatic carbocycles. The zero-order chi connectivity index (χ0) is 6.97. The highest BCUT2D eigenvalue weighted by molar-refractivity contribution is 5.62. The van der Waals surface area contributed by atoms with Gasteiger partial charge in [-0.1, -0.05) is 0 Å². The molecule has 2 heterocycles. The Kier molecular flexibility index (Phi) is 1.01. The molecule has 4 heteroatoms. The Morgan fingerprint density at radius 2 is 2.50 bits per heavy atom. The van der Waals surface area contributed by atoms with Crippen molar-refractivity contribution in [2.45, 2.75) is 0 Å². The van der Waals surface area contributed by atoms with Gasteiger partial charge >= 0.3 is 0 Å². The molecule has 0 saturated heterocycles. The molecular formula is C6H8N4. The Morgan fingerprint density at radius 1 is 1.60 bits per heavy atom. The molecule has 0 saturated carbocycles. The summed E-state index contributed by atoms with van der Waals surface area (Å²) >= 11 is 0. The molecule has 0 aromatic rings. The average molecular weight is 136 g/mol. The molecule has 2 aliphatic heterocycles. The lowest BCUT2D eigenvalue weighted by molar-refractivity contribution is 0.232. The summed E-state index contributed by atoms with van der Waals surface area (Å²) in [7, 11) is 1.94. The van der Waals surface area contributed by atoms with Crippen LogP contribution in [0.1, 0.15) is 0 Å². The molecule has 0 amide bonds. The van der Waals surface area contributed by atoms with Gasteiger partial charge in [-0.15, -0.1) is 5.53 Å². The third-order valence-corrected chi connectivity index (χ3v) is 1.38. The monoisotopic (exact) mass is 136 g/mol. The van der Waals surface area contributed by atoms with Gasteiger partial charge in [-0.05, 0) is 6.08 Å². The van der Waals surface area contributed by atoms with E-state index in [1.807, 2.05) is 29.3 Å². The van der Waals surface area contributed by atoms with Crippen molar-refractivity contribution in [3.8, 4) is 0 Å². The molecule has 0 aromatic heterocycles. The molecule has 2 aliphatic rings. The number of nitrogens with zero attached hydrogens (tertiary/aromatic N) is 3. The fourth-order valence-corrected chi connectivity index (χ4v) is 0.958. The van der Waals surface area contributed by atoms with Crippen molar-refractivity contribution in [2.75, 3.05) is 7.05 Å². The van der Waals surface area contributed by atoms with Crippen LogP contribution >= 0.6 is 0 Å². The summed E-state index contributed by atoms with van der Waals surface area (Å²) < 4.78 is 0. The number of rotatable bonds is 0. The Balaban J connectivity index is 2.29. The van der Waals surface area contributed by atoms with Crippen LogP contribution < -0.4 is 5.53 Å². The molecule has 0 radical (unpaired) electrons. The van der Waals surface area contributed by atoms with Gasteiger partial charge < -0.3 is 0 Å². The van der Waals surface area contributed by atoms with E-state index in [1.54, 1.807) is 12.5 Å². The van der Waals surface area contributed by atoms with Gasteiger partial charge in [0.2, 0.25) is 0 Å². The largest absolute Gasteiger partial charge is 0.299 e. The maximum atomic E-state index is 3.94. The molecule has 0 unspecified atom stereocenters. The fourth-order valence-electron chi connectivity index (χ4n) is 0.958. The number of aliphatic imine (C=N–C) groups is 1. The summed E-state index contributed by atoms with van der Waals surface area (Å²) in [6, 6.07) is 0. The van der Waals surface area contributed by atoms with Crippen LogP contribution in [0, 0.1) is 0 Å². The molecule has 4 nitrogen and oxygen atoms in total. The van der Waals surface area contributed by atoms with Crippen LogP contribution in [0.25, 0.3) is 0 Å². The first-order valence-corrected chi connectivity index (χ1v) is 3.06. The SMILES string of the molecule is CN1C=C2C=CN=CN2N1. The smallest absolute Gasteiger partial charge is 0.112 e. The third kappa shape index (κ3) is 0.698.